The Balaban J connectivity index is 1.88. The van der Waals surface area contributed by atoms with E-state index in [1.165, 1.54) is 13.1 Å². The van der Waals surface area contributed by atoms with E-state index in [2.05, 4.69) is 10.0 Å². The predicted octanol–water partition coefficient (Wildman–Crippen LogP) is 3.23. The molecule has 1 amide bonds. The molecule has 0 aliphatic heterocycles. The Morgan fingerprint density at radius 2 is 1.88 bits per heavy atom. The second-order valence-corrected chi connectivity index (χ2v) is 8.53. The van der Waals surface area contributed by atoms with E-state index in [0.29, 0.717) is 16.3 Å². The summed E-state index contributed by atoms with van der Waals surface area (Å²) in [6.07, 6.45) is 1.49. The van der Waals surface area contributed by atoms with Gasteiger partial charge < -0.3 is 5.32 Å². The minimum absolute atomic E-state index is 0.147. The van der Waals surface area contributed by atoms with E-state index in [1.54, 1.807) is 31.2 Å². The van der Waals surface area contributed by atoms with Crippen molar-refractivity contribution < 1.29 is 13.2 Å². The number of carbonyl (C=O) groups excluding carboxylic acids is 1. The molecule has 0 atom stereocenters. The molecular formula is C18H19ClN2O3S. The number of halogens is 1. The Kier molecular flexibility index (Phi) is 4.62. The summed E-state index contributed by atoms with van der Waals surface area (Å²) in [5.41, 5.74) is 1.37. The number of benzene rings is 2. The van der Waals surface area contributed by atoms with Crippen LogP contribution < -0.4 is 10.0 Å². The van der Waals surface area contributed by atoms with E-state index in [9.17, 15) is 13.2 Å². The fourth-order valence-electron chi connectivity index (χ4n) is 2.89. The molecule has 2 aromatic rings. The molecule has 0 bridgehead atoms. The van der Waals surface area contributed by atoms with E-state index < -0.39 is 15.4 Å². The average molecular weight is 379 g/mol. The topological polar surface area (TPSA) is 75.3 Å². The summed E-state index contributed by atoms with van der Waals surface area (Å²) in [5.74, 6) is -0.147. The average Bonchev–Trinajstić information content (AvgIpc) is 3.38. The van der Waals surface area contributed by atoms with Gasteiger partial charge in [0.05, 0.1) is 10.3 Å². The number of sulfonamides is 1. The monoisotopic (exact) mass is 378 g/mol. The van der Waals surface area contributed by atoms with Gasteiger partial charge in [-0.1, -0.05) is 29.8 Å². The van der Waals surface area contributed by atoms with Crippen molar-refractivity contribution in [3.8, 4) is 0 Å². The van der Waals surface area contributed by atoms with Crippen LogP contribution in [-0.4, -0.2) is 21.4 Å². The van der Waals surface area contributed by atoms with Crippen molar-refractivity contribution in [3.05, 3.63) is 58.6 Å². The number of nitrogens with one attached hydrogen (secondary N) is 2. The maximum atomic E-state index is 12.8. The first-order valence-corrected chi connectivity index (χ1v) is 9.76. The molecule has 1 aliphatic rings. The van der Waals surface area contributed by atoms with Crippen molar-refractivity contribution in [3.63, 3.8) is 0 Å². The van der Waals surface area contributed by atoms with Gasteiger partial charge in [-0.15, -0.1) is 0 Å². The Morgan fingerprint density at radius 3 is 2.48 bits per heavy atom. The molecule has 132 valence electrons. The third-order valence-corrected chi connectivity index (χ3v) is 6.36. The lowest BCUT2D eigenvalue weighted by Gasteiger charge is -2.17. The molecule has 2 aromatic carbocycles. The fraction of sp³-hybridized carbons (Fsp3) is 0.278. The van der Waals surface area contributed by atoms with Crippen molar-refractivity contribution >= 4 is 33.2 Å². The first-order chi connectivity index (χ1) is 11.8. The Morgan fingerprint density at radius 1 is 1.16 bits per heavy atom. The van der Waals surface area contributed by atoms with E-state index in [-0.39, 0.29) is 10.8 Å². The number of hydrogen-bond donors (Lipinski definition) is 2. The highest BCUT2D eigenvalue weighted by molar-refractivity contribution is 7.89. The van der Waals surface area contributed by atoms with Crippen molar-refractivity contribution in [2.45, 2.75) is 30.1 Å². The zero-order valence-electron chi connectivity index (χ0n) is 14.0. The van der Waals surface area contributed by atoms with Crippen molar-refractivity contribution in [1.29, 1.82) is 0 Å². The maximum Gasteiger partial charge on any atom is 0.240 e. The highest BCUT2D eigenvalue weighted by Gasteiger charge is 2.51. The molecule has 0 saturated heterocycles. The first-order valence-electron chi connectivity index (χ1n) is 7.90. The van der Waals surface area contributed by atoms with Crippen LogP contribution >= 0.6 is 11.6 Å². The summed E-state index contributed by atoms with van der Waals surface area (Å²) in [5, 5.41) is 3.44. The standard InChI is InChI=1S/C18H19ClN2O3S/c1-12-6-7-15(11-16(12)25(23,24)20-2)21-17(22)18(8-9-18)13-4-3-5-14(19)10-13/h3-7,10-11,20H,8-9H2,1-2H3,(H,21,22). The van der Waals surface area contributed by atoms with Gasteiger partial charge in [-0.3, -0.25) is 4.79 Å². The third kappa shape index (κ3) is 3.42. The number of carbonyl (C=O) groups is 1. The molecule has 1 saturated carbocycles. The van der Waals surface area contributed by atoms with Gasteiger partial charge in [0.25, 0.3) is 0 Å². The molecule has 0 heterocycles. The lowest BCUT2D eigenvalue weighted by Crippen LogP contribution is -2.28. The maximum absolute atomic E-state index is 12.8. The van der Waals surface area contributed by atoms with Gasteiger partial charge in [0.1, 0.15) is 0 Å². The summed E-state index contributed by atoms with van der Waals surface area (Å²) in [4.78, 5) is 13.0. The molecule has 1 fully saturated rings. The second-order valence-electron chi connectivity index (χ2n) is 6.23. The van der Waals surface area contributed by atoms with Crippen LogP contribution in [-0.2, 0) is 20.2 Å². The molecular weight excluding hydrogens is 360 g/mol. The molecule has 0 radical (unpaired) electrons. The molecule has 1 aliphatic carbocycles. The lowest BCUT2D eigenvalue weighted by molar-refractivity contribution is -0.118. The van der Waals surface area contributed by atoms with Crippen molar-refractivity contribution in [2.75, 3.05) is 12.4 Å². The van der Waals surface area contributed by atoms with E-state index in [4.69, 9.17) is 11.6 Å². The van der Waals surface area contributed by atoms with Gasteiger partial charge in [0.2, 0.25) is 15.9 Å². The fourth-order valence-corrected chi connectivity index (χ4v) is 4.07. The predicted molar refractivity (Wildman–Crippen MR) is 98.4 cm³/mol. The van der Waals surface area contributed by atoms with Gasteiger partial charge in [-0.2, -0.15) is 0 Å². The van der Waals surface area contributed by atoms with Crippen LogP contribution in [0.3, 0.4) is 0 Å². The molecule has 0 aromatic heterocycles. The van der Waals surface area contributed by atoms with E-state index in [0.717, 1.165) is 18.4 Å². The van der Waals surface area contributed by atoms with Gasteiger partial charge in [-0.05, 0) is 62.2 Å². The molecule has 5 nitrogen and oxygen atoms in total. The minimum Gasteiger partial charge on any atom is -0.325 e. The zero-order chi connectivity index (χ0) is 18.2. The van der Waals surface area contributed by atoms with Crippen molar-refractivity contribution in [2.24, 2.45) is 0 Å². The minimum atomic E-state index is -3.58. The van der Waals surface area contributed by atoms with Crippen LogP contribution in [0.15, 0.2) is 47.4 Å². The van der Waals surface area contributed by atoms with Crippen LogP contribution in [0, 0.1) is 6.92 Å². The quantitative estimate of drug-likeness (QED) is 0.838. The highest BCUT2D eigenvalue weighted by Crippen LogP contribution is 2.49. The van der Waals surface area contributed by atoms with E-state index >= 15 is 0 Å². The Labute approximate surface area is 152 Å². The highest BCUT2D eigenvalue weighted by atomic mass is 35.5. The molecule has 3 rings (SSSR count). The number of hydrogen-bond acceptors (Lipinski definition) is 3. The number of aryl methyl sites for hydroxylation is 1. The van der Waals surface area contributed by atoms with Crippen LogP contribution in [0.4, 0.5) is 5.69 Å². The van der Waals surface area contributed by atoms with Crippen LogP contribution in [0.5, 0.6) is 0 Å². The van der Waals surface area contributed by atoms with E-state index in [1.807, 2.05) is 12.1 Å². The Bertz CT molecular complexity index is 937. The molecule has 0 unspecified atom stereocenters. The number of rotatable bonds is 5. The van der Waals surface area contributed by atoms with Crippen LogP contribution in [0.25, 0.3) is 0 Å². The summed E-state index contributed by atoms with van der Waals surface area (Å²) < 4.78 is 26.5. The number of anilines is 1. The Hall–Kier alpha value is -1.89. The van der Waals surface area contributed by atoms with Gasteiger partial charge >= 0.3 is 0 Å². The molecule has 2 N–H and O–H groups in total. The molecule has 25 heavy (non-hydrogen) atoms. The lowest BCUT2D eigenvalue weighted by atomic mass is 9.95. The number of amides is 1. The summed E-state index contributed by atoms with van der Waals surface area (Å²) in [7, 11) is -2.22. The molecule has 0 spiro atoms. The molecule has 7 heteroatoms. The van der Waals surface area contributed by atoms with Gasteiger partial charge in [-0.25, -0.2) is 13.1 Å². The zero-order valence-corrected chi connectivity index (χ0v) is 15.5. The SMILES string of the molecule is CNS(=O)(=O)c1cc(NC(=O)C2(c3cccc(Cl)c3)CC2)ccc1C. The van der Waals surface area contributed by atoms with Gasteiger partial charge in [0, 0.05) is 10.7 Å². The summed E-state index contributed by atoms with van der Waals surface area (Å²) in [6.45, 7) is 1.71. The van der Waals surface area contributed by atoms with Crippen molar-refractivity contribution in [1.82, 2.24) is 4.72 Å². The summed E-state index contributed by atoms with van der Waals surface area (Å²) >= 11 is 6.04. The second kappa shape index (κ2) is 6.44. The third-order valence-electron chi connectivity index (χ3n) is 4.57. The van der Waals surface area contributed by atoms with Crippen LogP contribution in [0.1, 0.15) is 24.0 Å². The summed E-state index contributed by atoms with van der Waals surface area (Å²) in [6, 6.07) is 12.2. The van der Waals surface area contributed by atoms with Gasteiger partial charge in [0.15, 0.2) is 0 Å². The first kappa shape index (κ1) is 17.9. The smallest absolute Gasteiger partial charge is 0.240 e. The normalized spacial score (nSPS) is 15.6. The van der Waals surface area contributed by atoms with Crippen LogP contribution in [0.2, 0.25) is 5.02 Å². The largest absolute Gasteiger partial charge is 0.325 e.